The minimum Gasteiger partial charge on any atom is -0.314 e. The average Bonchev–Trinajstić information content (AvgIpc) is 2.13. The van der Waals surface area contributed by atoms with Crippen LogP contribution in [0.15, 0.2) is 0 Å². The molecule has 0 aliphatic heterocycles. The van der Waals surface area contributed by atoms with Gasteiger partial charge in [-0.1, -0.05) is 39.5 Å². The second-order valence-corrected chi connectivity index (χ2v) is 4.63. The Morgan fingerprint density at radius 3 is 2.77 bits per heavy atom. The van der Waals surface area contributed by atoms with Gasteiger partial charge in [0.25, 0.3) is 0 Å². The van der Waals surface area contributed by atoms with Crippen LogP contribution in [0.3, 0.4) is 0 Å². The van der Waals surface area contributed by atoms with Gasteiger partial charge in [0.15, 0.2) is 0 Å². The Labute approximate surface area is 83.3 Å². The van der Waals surface area contributed by atoms with Gasteiger partial charge < -0.3 is 5.32 Å². The highest BCUT2D eigenvalue weighted by atomic mass is 14.9. The van der Waals surface area contributed by atoms with Crippen molar-refractivity contribution >= 4 is 0 Å². The molecule has 13 heavy (non-hydrogen) atoms. The van der Waals surface area contributed by atoms with Crippen molar-refractivity contribution in [2.75, 3.05) is 6.54 Å². The fraction of sp³-hybridized carbons (Fsp3) is 1.00. The van der Waals surface area contributed by atoms with E-state index in [-0.39, 0.29) is 0 Å². The zero-order valence-corrected chi connectivity index (χ0v) is 9.31. The van der Waals surface area contributed by atoms with Crippen molar-refractivity contribution in [1.82, 2.24) is 5.32 Å². The highest BCUT2D eigenvalue weighted by molar-refractivity contribution is 4.75. The minimum atomic E-state index is 0.834. The van der Waals surface area contributed by atoms with E-state index in [2.05, 4.69) is 19.2 Å². The number of hydrogen-bond acceptors (Lipinski definition) is 1. The number of rotatable bonds is 5. The average molecular weight is 183 g/mol. The number of hydrogen-bond donors (Lipinski definition) is 1. The summed E-state index contributed by atoms with van der Waals surface area (Å²) in [5.41, 5.74) is 0. The smallest absolute Gasteiger partial charge is 0.00696 e. The first-order valence-electron chi connectivity index (χ1n) is 6.06. The summed E-state index contributed by atoms with van der Waals surface area (Å²) in [4.78, 5) is 0. The Hall–Kier alpha value is -0.0400. The van der Waals surface area contributed by atoms with Gasteiger partial charge in [-0.3, -0.25) is 0 Å². The maximum atomic E-state index is 3.69. The highest BCUT2D eigenvalue weighted by Crippen LogP contribution is 2.23. The SMILES string of the molecule is CCCCCN[C@@H]1CCC[C@H](C)C1. The van der Waals surface area contributed by atoms with Crippen molar-refractivity contribution in [3.8, 4) is 0 Å². The van der Waals surface area contributed by atoms with E-state index in [1.807, 2.05) is 0 Å². The van der Waals surface area contributed by atoms with Crippen LogP contribution in [0.5, 0.6) is 0 Å². The van der Waals surface area contributed by atoms with Crippen LogP contribution < -0.4 is 5.32 Å². The fourth-order valence-corrected chi connectivity index (χ4v) is 2.30. The summed E-state index contributed by atoms with van der Waals surface area (Å²) in [6, 6.07) is 0.834. The van der Waals surface area contributed by atoms with E-state index in [0.717, 1.165) is 12.0 Å². The Bertz CT molecular complexity index is 122. The van der Waals surface area contributed by atoms with E-state index in [1.54, 1.807) is 0 Å². The molecule has 1 fully saturated rings. The van der Waals surface area contributed by atoms with Crippen LogP contribution in [-0.2, 0) is 0 Å². The Kier molecular flexibility index (Phi) is 5.45. The van der Waals surface area contributed by atoms with Crippen LogP contribution in [-0.4, -0.2) is 12.6 Å². The zero-order chi connectivity index (χ0) is 9.52. The molecule has 1 saturated carbocycles. The molecule has 0 aromatic rings. The van der Waals surface area contributed by atoms with Crippen molar-refractivity contribution in [3.63, 3.8) is 0 Å². The van der Waals surface area contributed by atoms with Crippen LogP contribution in [0.4, 0.5) is 0 Å². The van der Waals surface area contributed by atoms with Gasteiger partial charge >= 0.3 is 0 Å². The molecule has 0 aromatic carbocycles. The lowest BCUT2D eigenvalue weighted by atomic mass is 9.87. The van der Waals surface area contributed by atoms with Crippen molar-refractivity contribution in [1.29, 1.82) is 0 Å². The number of unbranched alkanes of at least 4 members (excludes halogenated alkanes) is 2. The molecule has 2 atom stereocenters. The number of nitrogens with one attached hydrogen (secondary N) is 1. The first-order chi connectivity index (χ1) is 6.33. The van der Waals surface area contributed by atoms with Gasteiger partial charge in [0.05, 0.1) is 0 Å². The molecule has 1 N–H and O–H groups in total. The van der Waals surface area contributed by atoms with E-state index in [4.69, 9.17) is 0 Å². The van der Waals surface area contributed by atoms with E-state index >= 15 is 0 Å². The summed E-state index contributed by atoms with van der Waals surface area (Å²) in [7, 11) is 0. The Morgan fingerprint density at radius 1 is 1.23 bits per heavy atom. The van der Waals surface area contributed by atoms with Gasteiger partial charge in [-0.15, -0.1) is 0 Å². The second-order valence-electron chi connectivity index (χ2n) is 4.63. The largest absolute Gasteiger partial charge is 0.314 e. The molecule has 0 saturated heterocycles. The van der Waals surface area contributed by atoms with E-state index in [1.165, 1.54) is 51.5 Å². The van der Waals surface area contributed by atoms with Crippen LogP contribution in [0.25, 0.3) is 0 Å². The molecule has 0 heterocycles. The second kappa shape index (κ2) is 6.42. The van der Waals surface area contributed by atoms with E-state index < -0.39 is 0 Å². The van der Waals surface area contributed by atoms with Crippen molar-refractivity contribution < 1.29 is 0 Å². The molecule has 0 unspecified atom stereocenters. The summed E-state index contributed by atoms with van der Waals surface area (Å²) in [6.07, 6.45) is 9.79. The summed E-state index contributed by atoms with van der Waals surface area (Å²) in [5.74, 6) is 0.956. The molecule has 0 spiro atoms. The quantitative estimate of drug-likeness (QED) is 0.645. The molecular weight excluding hydrogens is 158 g/mol. The van der Waals surface area contributed by atoms with Crippen LogP contribution in [0.1, 0.15) is 58.8 Å². The summed E-state index contributed by atoms with van der Waals surface area (Å²) < 4.78 is 0. The first kappa shape index (κ1) is 11.0. The zero-order valence-electron chi connectivity index (χ0n) is 9.31. The maximum absolute atomic E-state index is 3.69. The van der Waals surface area contributed by atoms with Gasteiger partial charge in [0.2, 0.25) is 0 Å². The van der Waals surface area contributed by atoms with Crippen molar-refractivity contribution in [2.24, 2.45) is 5.92 Å². The van der Waals surface area contributed by atoms with Crippen LogP contribution in [0.2, 0.25) is 0 Å². The lowest BCUT2D eigenvalue weighted by Crippen LogP contribution is -2.34. The lowest BCUT2D eigenvalue weighted by molar-refractivity contribution is 0.300. The van der Waals surface area contributed by atoms with Gasteiger partial charge in [-0.05, 0) is 31.7 Å². The maximum Gasteiger partial charge on any atom is 0.00696 e. The van der Waals surface area contributed by atoms with Gasteiger partial charge in [0, 0.05) is 6.04 Å². The Morgan fingerprint density at radius 2 is 2.08 bits per heavy atom. The summed E-state index contributed by atoms with van der Waals surface area (Å²) >= 11 is 0. The Balaban J connectivity index is 2.00. The normalized spacial score (nSPS) is 29.1. The molecule has 0 bridgehead atoms. The van der Waals surface area contributed by atoms with Gasteiger partial charge in [-0.2, -0.15) is 0 Å². The molecule has 0 aromatic heterocycles. The molecule has 0 radical (unpaired) electrons. The lowest BCUT2D eigenvalue weighted by Gasteiger charge is -2.27. The monoisotopic (exact) mass is 183 g/mol. The predicted octanol–water partition coefficient (Wildman–Crippen LogP) is 3.34. The summed E-state index contributed by atoms with van der Waals surface area (Å²) in [5, 5.41) is 3.69. The van der Waals surface area contributed by atoms with Crippen molar-refractivity contribution in [3.05, 3.63) is 0 Å². The van der Waals surface area contributed by atoms with Crippen molar-refractivity contribution in [2.45, 2.75) is 64.8 Å². The van der Waals surface area contributed by atoms with E-state index in [9.17, 15) is 0 Å². The molecule has 1 rings (SSSR count). The van der Waals surface area contributed by atoms with E-state index in [0.29, 0.717) is 0 Å². The topological polar surface area (TPSA) is 12.0 Å². The summed E-state index contributed by atoms with van der Waals surface area (Å²) in [6.45, 7) is 5.90. The third-order valence-electron chi connectivity index (χ3n) is 3.15. The molecule has 1 nitrogen and oxygen atoms in total. The van der Waals surface area contributed by atoms with Gasteiger partial charge in [-0.25, -0.2) is 0 Å². The molecular formula is C12H25N. The molecule has 1 aliphatic carbocycles. The van der Waals surface area contributed by atoms with Gasteiger partial charge in [0.1, 0.15) is 0 Å². The highest BCUT2D eigenvalue weighted by Gasteiger charge is 2.17. The van der Waals surface area contributed by atoms with Crippen LogP contribution >= 0.6 is 0 Å². The molecule has 78 valence electrons. The standard InChI is InChI=1S/C12H25N/c1-3-4-5-9-13-12-8-6-7-11(2)10-12/h11-13H,3-10H2,1-2H3/t11-,12+/m0/s1. The molecule has 1 aliphatic rings. The minimum absolute atomic E-state index is 0.834. The van der Waals surface area contributed by atoms with Crippen LogP contribution in [0, 0.1) is 5.92 Å². The molecule has 0 amide bonds. The predicted molar refractivity (Wildman–Crippen MR) is 58.9 cm³/mol. The fourth-order valence-electron chi connectivity index (χ4n) is 2.30. The third kappa shape index (κ3) is 4.66. The molecule has 1 heteroatoms. The first-order valence-corrected chi connectivity index (χ1v) is 6.06. The third-order valence-corrected chi connectivity index (χ3v) is 3.15.